The molecule has 0 aromatic heterocycles. The van der Waals surface area contributed by atoms with E-state index in [1.54, 1.807) is 11.8 Å². The van der Waals surface area contributed by atoms with Gasteiger partial charge in [0.25, 0.3) is 0 Å². The van der Waals surface area contributed by atoms with Crippen LogP contribution in [0.2, 0.25) is 0 Å². The Balaban J connectivity index is 2.16. The topological polar surface area (TPSA) is 17.1 Å². The van der Waals surface area contributed by atoms with Gasteiger partial charge in [-0.25, -0.2) is 0 Å². The summed E-state index contributed by atoms with van der Waals surface area (Å²) in [6, 6.07) is 20.1. The predicted octanol–water partition coefficient (Wildman–Crippen LogP) is 6.17. The second-order valence-electron chi connectivity index (χ2n) is 4.92. The highest BCUT2D eigenvalue weighted by molar-refractivity contribution is 8.14. The van der Waals surface area contributed by atoms with Crippen LogP contribution in [-0.4, -0.2) is 5.12 Å². The van der Waals surface area contributed by atoms with Crippen molar-refractivity contribution >= 4 is 28.6 Å². The maximum absolute atomic E-state index is 12.5. The van der Waals surface area contributed by atoms with E-state index in [4.69, 9.17) is 0 Å². The summed E-state index contributed by atoms with van der Waals surface area (Å²) in [5.74, 6) is 0. The summed E-state index contributed by atoms with van der Waals surface area (Å²) in [6.45, 7) is 4.09. The van der Waals surface area contributed by atoms with Crippen LogP contribution >= 0.6 is 23.5 Å². The lowest BCUT2D eigenvalue weighted by Gasteiger charge is -2.10. The highest BCUT2D eigenvalue weighted by atomic mass is 32.2. The van der Waals surface area contributed by atoms with E-state index < -0.39 is 0 Å². The quantitative estimate of drug-likeness (QED) is 0.466. The molecule has 1 nitrogen and oxygen atoms in total. The third kappa shape index (κ3) is 5.08. The maximum atomic E-state index is 12.5. The molecule has 114 valence electrons. The molecule has 0 saturated heterocycles. The summed E-state index contributed by atoms with van der Waals surface area (Å²) in [7, 11) is 0. The molecule has 0 radical (unpaired) electrons. The molecule has 0 aliphatic rings. The molecule has 2 rings (SSSR count). The number of hydrogen-bond acceptors (Lipinski definition) is 3. The second-order valence-corrected chi connectivity index (χ2v) is 7.13. The van der Waals surface area contributed by atoms with Gasteiger partial charge >= 0.3 is 0 Å². The van der Waals surface area contributed by atoms with Gasteiger partial charge < -0.3 is 0 Å². The predicted molar refractivity (Wildman–Crippen MR) is 97.2 cm³/mol. The monoisotopic (exact) mass is 328 g/mol. The van der Waals surface area contributed by atoms with Gasteiger partial charge in [-0.15, -0.1) is 0 Å². The first-order valence-electron chi connectivity index (χ1n) is 7.40. The number of carbonyl (C=O) groups is 1. The number of carbonyl (C=O) groups excluding carboxylic acids is 1. The molecule has 0 N–H and O–H groups in total. The van der Waals surface area contributed by atoms with Crippen LogP contribution in [0.5, 0.6) is 0 Å². The average Bonchev–Trinajstić information content (AvgIpc) is 2.55. The third-order valence-corrected chi connectivity index (χ3v) is 5.40. The van der Waals surface area contributed by atoms with Gasteiger partial charge in [0.05, 0.1) is 0 Å². The van der Waals surface area contributed by atoms with E-state index >= 15 is 0 Å². The van der Waals surface area contributed by atoms with Crippen LogP contribution in [0.25, 0.3) is 0 Å². The smallest absolute Gasteiger partial charge is 0.220 e. The molecule has 0 heterocycles. The Morgan fingerprint density at radius 2 is 1.36 bits per heavy atom. The summed E-state index contributed by atoms with van der Waals surface area (Å²) in [5.41, 5.74) is 0.865. The molecule has 0 aliphatic heterocycles. The summed E-state index contributed by atoms with van der Waals surface area (Å²) in [4.78, 5) is 15.9. The van der Waals surface area contributed by atoms with Gasteiger partial charge in [-0.05, 0) is 54.3 Å². The molecule has 0 spiro atoms. The van der Waals surface area contributed by atoms with Gasteiger partial charge in [-0.3, -0.25) is 4.79 Å². The Morgan fingerprint density at radius 3 is 1.86 bits per heavy atom. The first-order chi connectivity index (χ1) is 10.7. The van der Waals surface area contributed by atoms with Crippen molar-refractivity contribution in [3.63, 3.8) is 0 Å². The summed E-state index contributed by atoms with van der Waals surface area (Å²) >= 11 is 3.01. The van der Waals surface area contributed by atoms with Gasteiger partial charge in [-0.1, -0.05) is 61.5 Å². The minimum Gasteiger partial charge on any atom is -0.282 e. The van der Waals surface area contributed by atoms with Crippen molar-refractivity contribution in [1.82, 2.24) is 0 Å². The lowest BCUT2D eigenvalue weighted by atomic mass is 10.2. The molecule has 0 saturated carbocycles. The molecule has 0 unspecified atom stereocenters. The number of thioether (sulfide) groups is 2. The maximum Gasteiger partial charge on any atom is 0.220 e. The Labute approximate surface area is 141 Å². The van der Waals surface area contributed by atoms with E-state index in [1.807, 2.05) is 55.5 Å². The first kappa shape index (κ1) is 16.9. The van der Waals surface area contributed by atoms with Crippen LogP contribution in [0, 0.1) is 0 Å². The van der Waals surface area contributed by atoms with Crippen LogP contribution in [0.4, 0.5) is 0 Å². The van der Waals surface area contributed by atoms with E-state index in [-0.39, 0.29) is 5.12 Å². The molecule has 0 atom stereocenters. The first-order valence-corrected chi connectivity index (χ1v) is 9.04. The van der Waals surface area contributed by atoms with Crippen molar-refractivity contribution in [1.29, 1.82) is 0 Å². The zero-order valence-electron chi connectivity index (χ0n) is 12.9. The van der Waals surface area contributed by atoms with Gasteiger partial charge in [-0.2, -0.15) is 0 Å². The lowest BCUT2D eigenvalue weighted by Crippen LogP contribution is -1.97. The van der Waals surface area contributed by atoms with Gasteiger partial charge in [0, 0.05) is 15.4 Å². The Kier molecular flexibility index (Phi) is 6.81. The van der Waals surface area contributed by atoms with Gasteiger partial charge in [0.2, 0.25) is 5.12 Å². The molecule has 2 aromatic carbocycles. The van der Waals surface area contributed by atoms with E-state index in [2.05, 4.69) is 19.1 Å². The molecule has 0 amide bonds. The van der Waals surface area contributed by atoms with Gasteiger partial charge in [0.15, 0.2) is 0 Å². The zero-order valence-corrected chi connectivity index (χ0v) is 14.5. The van der Waals surface area contributed by atoms with Crippen LogP contribution in [0.3, 0.4) is 0 Å². The fourth-order valence-electron chi connectivity index (χ4n) is 1.96. The summed E-state index contributed by atoms with van der Waals surface area (Å²) in [6.07, 6.45) is 1.97. The second kappa shape index (κ2) is 8.86. The van der Waals surface area contributed by atoms with Crippen LogP contribution in [0.1, 0.15) is 26.7 Å². The number of allylic oxidation sites excluding steroid dienone is 1. The van der Waals surface area contributed by atoms with Crippen molar-refractivity contribution in [3.8, 4) is 0 Å². The summed E-state index contributed by atoms with van der Waals surface area (Å²) in [5, 5.41) is 0.137. The van der Waals surface area contributed by atoms with Crippen molar-refractivity contribution in [3.05, 3.63) is 71.1 Å². The third-order valence-electron chi connectivity index (χ3n) is 3.14. The number of hydrogen-bond donors (Lipinski definition) is 0. The number of rotatable bonds is 6. The van der Waals surface area contributed by atoms with Crippen molar-refractivity contribution in [2.45, 2.75) is 36.5 Å². The minimum absolute atomic E-state index is 0.137. The van der Waals surface area contributed by atoms with Crippen LogP contribution in [-0.2, 0) is 4.79 Å². The minimum atomic E-state index is 0.137. The summed E-state index contributed by atoms with van der Waals surface area (Å²) < 4.78 is 0. The molecule has 0 fully saturated rings. The van der Waals surface area contributed by atoms with Gasteiger partial charge in [0.1, 0.15) is 0 Å². The SMILES string of the molecule is CCC/C(Sc1ccccc1)=C(\C)C(=O)Sc1ccccc1. The van der Waals surface area contributed by atoms with Crippen molar-refractivity contribution < 1.29 is 4.79 Å². The largest absolute Gasteiger partial charge is 0.282 e. The molecule has 22 heavy (non-hydrogen) atoms. The Hall–Kier alpha value is -1.45. The van der Waals surface area contributed by atoms with E-state index in [0.29, 0.717) is 0 Å². The molecule has 3 heteroatoms. The fourth-order valence-corrected chi connectivity index (χ4v) is 3.94. The normalized spacial score (nSPS) is 11.9. The van der Waals surface area contributed by atoms with Crippen LogP contribution in [0.15, 0.2) is 80.9 Å². The fraction of sp³-hybridized carbons (Fsp3) is 0.211. The van der Waals surface area contributed by atoms with Crippen molar-refractivity contribution in [2.24, 2.45) is 0 Å². The average molecular weight is 329 g/mol. The van der Waals surface area contributed by atoms with Crippen LogP contribution < -0.4 is 0 Å². The molecule has 2 aromatic rings. The number of benzene rings is 2. The highest BCUT2D eigenvalue weighted by Crippen LogP contribution is 2.34. The Bertz CT molecular complexity index is 633. The highest BCUT2D eigenvalue weighted by Gasteiger charge is 2.13. The molecule has 0 bridgehead atoms. The zero-order chi connectivity index (χ0) is 15.8. The molecular formula is C19H20OS2. The van der Waals surface area contributed by atoms with E-state index in [0.717, 1.165) is 23.3 Å². The van der Waals surface area contributed by atoms with Crippen molar-refractivity contribution in [2.75, 3.05) is 0 Å². The lowest BCUT2D eigenvalue weighted by molar-refractivity contribution is -0.107. The standard InChI is InChI=1S/C19H20OS2/c1-3-10-18(21-16-11-6-4-7-12-16)15(2)19(20)22-17-13-8-5-9-14-17/h4-9,11-14H,3,10H2,1-2H3/b18-15-. The Morgan fingerprint density at radius 1 is 0.864 bits per heavy atom. The molecular weight excluding hydrogens is 308 g/mol. The van der Waals surface area contributed by atoms with E-state index in [9.17, 15) is 4.79 Å². The van der Waals surface area contributed by atoms with E-state index in [1.165, 1.54) is 21.6 Å². The molecule has 0 aliphatic carbocycles.